The van der Waals surface area contributed by atoms with Crippen molar-refractivity contribution in [2.45, 2.75) is 49.8 Å². The largest absolute Gasteiger partial charge is 0.497 e. The predicted octanol–water partition coefficient (Wildman–Crippen LogP) is 1.27. The molecule has 0 spiro atoms. The molecule has 2 heterocycles. The molecule has 2 aliphatic heterocycles. The summed E-state index contributed by atoms with van der Waals surface area (Å²) in [6, 6.07) is 7.72. The number of rotatable bonds is 5. The molecule has 1 aromatic rings. The van der Waals surface area contributed by atoms with Gasteiger partial charge in [0, 0.05) is 12.3 Å². The Labute approximate surface area is 180 Å². The summed E-state index contributed by atoms with van der Waals surface area (Å²) in [4.78, 5) is 0. The summed E-state index contributed by atoms with van der Waals surface area (Å²) in [6.07, 6.45) is -4.03. The molecule has 6 atom stereocenters. The Bertz CT molecular complexity index is 832. The lowest BCUT2D eigenvalue weighted by Gasteiger charge is -2.44. The summed E-state index contributed by atoms with van der Waals surface area (Å²) in [5, 5.41) is 41.2. The van der Waals surface area contributed by atoms with Gasteiger partial charge in [0.05, 0.1) is 31.5 Å². The van der Waals surface area contributed by atoms with Crippen LogP contribution >= 0.6 is 11.6 Å². The van der Waals surface area contributed by atoms with Crippen LogP contribution in [0, 0.1) is 5.92 Å². The lowest BCUT2D eigenvalue weighted by Crippen LogP contribution is -2.60. The maximum atomic E-state index is 10.6. The van der Waals surface area contributed by atoms with Crippen LogP contribution in [-0.2, 0) is 15.9 Å². The Morgan fingerprint density at radius 2 is 1.83 bits per heavy atom. The Hall–Kier alpha value is -1.61. The number of ether oxygens (including phenoxy) is 3. The van der Waals surface area contributed by atoms with Gasteiger partial charge in [-0.25, -0.2) is 0 Å². The first-order valence-corrected chi connectivity index (χ1v) is 10.5. The van der Waals surface area contributed by atoms with E-state index >= 15 is 0 Å². The molecule has 1 aliphatic carbocycles. The number of aliphatic hydroxyl groups is 4. The molecular weight excluding hydrogens is 412 g/mol. The first-order chi connectivity index (χ1) is 14.4. The lowest BCUT2D eigenvalue weighted by atomic mass is 9.76. The highest BCUT2D eigenvalue weighted by atomic mass is 35.5. The van der Waals surface area contributed by atoms with Gasteiger partial charge in [-0.05, 0) is 41.7 Å². The average Bonchev–Trinajstić information content (AvgIpc) is 3.26. The van der Waals surface area contributed by atoms with E-state index in [0.29, 0.717) is 36.7 Å². The molecule has 1 aromatic carbocycles. The highest BCUT2D eigenvalue weighted by molar-refractivity contribution is 6.32. The Balaban J connectivity index is 1.62. The van der Waals surface area contributed by atoms with E-state index in [4.69, 9.17) is 25.8 Å². The highest BCUT2D eigenvalue weighted by Crippen LogP contribution is 2.46. The molecule has 4 rings (SSSR count). The third-order valence-electron chi connectivity index (χ3n) is 6.24. The van der Waals surface area contributed by atoms with E-state index in [1.165, 1.54) is 0 Å². The fraction of sp³-hybridized carbons (Fsp3) is 0.545. The minimum atomic E-state index is -1.40. The van der Waals surface area contributed by atoms with Crippen LogP contribution < -0.4 is 4.74 Å². The van der Waals surface area contributed by atoms with Crippen LogP contribution in [0.5, 0.6) is 5.75 Å². The topological polar surface area (TPSA) is 109 Å². The summed E-state index contributed by atoms with van der Waals surface area (Å²) >= 11 is 6.68. The molecule has 0 amide bonds. The maximum absolute atomic E-state index is 10.6. The number of allylic oxidation sites excluding steroid dienone is 2. The number of methoxy groups -OCH3 is 1. The Morgan fingerprint density at radius 1 is 1.10 bits per heavy atom. The van der Waals surface area contributed by atoms with Crippen molar-refractivity contribution in [3.63, 3.8) is 0 Å². The van der Waals surface area contributed by atoms with Crippen molar-refractivity contribution < 1.29 is 34.6 Å². The molecule has 30 heavy (non-hydrogen) atoms. The molecule has 164 valence electrons. The molecule has 4 N–H and O–H groups in total. The van der Waals surface area contributed by atoms with Crippen LogP contribution in [0.2, 0.25) is 0 Å². The molecular formula is C22H27ClO7. The van der Waals surface area contributed by atoms with E-state index in [1.54, 1.807) is 7.11 Å². The second-order valence-electron chi connectivity index (χ2n) is 8.00. The second kappa shape index (κ2) is 8.86. The molecule has 7 nitrogen and oxygen atoms in total. The molecule has 0 bridgehead atoms. The fourth-order valence-corrected chi connectivity index (χ4v) is 4.90. The minimum Gasteiger partial charge on any atom is -0.497 e. The van der Waals surface area contributed by atoms with Crippen LogP contribution in [0.25, 0.3) is 0 Å². The van der Waals surface area contributed by atoms with Crippen molar-refractivity contribution in [3.8, 4) is 5.75 Å². The number of halogens is 1. The fourth-order valence-electron chi connectivity index (χ4n) is 4.58. The van der Waals surface area contributed by atoms with Gasteiger partial charge in [0.1, 0.15) is 35.9 Å². The van der Waals surface area contributed by atoms with Gasteiger partial charge in [-0.1, -0.05) is 23.7 Å². The van der Waals surface area contributed by atoms with E-state index in [9.17, 15) is 20.4 Å². The first-order valence-electron chi connectivity index (χ1n) is 10.1. The van der Waals surface area contributed by atoms with Crippen molar-refractivity contribution in [1.82, 2.24) is 0 Å². The van der Waals surface area contributed by atoms with Crippen LogP contribution in [0.4, 0.5) is 0 Å². The third kappa shape index (κ3) is 3.86. The van der Waals surface area contributed by atoms with Crippen molar-refractivity contribution in [2.75, 3.05) is 20.3 Å². The molecule has 0 radical (unpaired) electrons. The van der Waals surface area contributed by atoms with Gasteiger partial charge in [-0.15, -0.1) is 0 Å². The SMILES string of the molecule is COc1ccc(CC2=C(Cl)C3=C(CCO3)C(C3OC(CO)C(O)C(O)C3O)C2)cc1. The van der Waals surface area contributed by atoms with E-state index < -0.39 is 37.1 Å². The Kier molecular flexibility index (Phi) is 6.39. The molecule has 6 unspecified atom stereocenters. The van der Waals surface area contributed by atoms with E-state index in [2.05, 4.69) is 0 Å². The lowest BCUT2D eigenvalue weighted by molar-refractivity contribution is -0.238. The monoisotopic (exact) mass is 438 g/mol. The molecule has 8 heteroatoms. The summed E-state index contributed by atoms with van der Waals surface area (Å²) in [5.74, 6) is 1.11. The van der Waals surface area contributed by atoms with Gasteiger partial charge < -0.3 is 34.6 Å². The van der Waals surface area contributed by atoms with Crippen molar-refractivity contribution in [2.24, 2.45) is 5.92 Å². The van der Waals surface area contributed by atoms with E-state index in [0.717, 1.165) is 22.5 Å². The van der Waals surface area contributed by atoms with Gasteiger partial charge in [0.15, 0.2) is 0 Å². The van der Waals surface area contributed by atoms with Crippen LogP contribution in [-0.4, -0.2) is 71.3 Å². The summed E-state index contributed by atoms with van der Waals surface area (Å²) in [5.41, 5.74) is 2.95. The van der Waals surface area contributed by atoms with Crippen LogP contribution in [0.1, 0.15) is 18.4 Å². The Morgan fingerprint density at radius 3 is 2.50 bits per heavy atom. The zero-order valence-electron chi connectivity index (χ0n) is 16.7. The van der Waals surface area contributed by atoms with Crippen molar-refractivity contribution in [1.29, 1.82) is 0 Å². The summed E-state index contributed by atoms with van der Waals surface area (Å²) < 4.78 is 16.9. The van der Waals surface area contributed by atoms with Crippen LogP contribution in [0.15, 0.2) is 46.2 Å². The molecule has 0 saturated carbocycles. The van der Waals surface area contributed by atoms with Gasteiger partial charge in [-0.3, -0.25) is 0 Å². The van der Waals surface area contributed by atoms with Gasteiger partial charge in [0.25, 0.3) is 0 Å². The first kappa shape index (κ1) is 21.6. The van der Waals surface area contributed by atoms with Gasteiger partial charge in [-0.2, -0.15) is 0 Å². The smallest absolute Gasteiger partial charge is 0.137 e. The number of aliphatic hydroxyl groups excluding tert-OH is 4. The summed E-state index contributed by atoms with van der Waals surface area (Å²) in [6.45, 7) is 0.0382. The molecule has 1 fully saturated rings. The zero-order chi connectivity index (χ0) is 21.4. The minimum absolute atomic E-state index is 0.274. The maximum Gasteiger partial charge on any atom is 0.137 e. The second-order valence-corrected chi connectivity index (χ2v) is 8.38. The quantitative estimate of drug-likeness (QED) is 0.548. The normalized spacial score (nSPS) is 34.1. The number of hydrogen-bond donors (Lipinski definition) is 4. The molecule has 1 saturated heterocycles. The van der Waals surface area contributed by atoms with Crippen LogP contribution in [0.3, 0.4) is 0 Å². The zero-order valence-corrected chi connectivity index (χ0v) is 17.5. The number of hydrogen-bond acceptors (Lipinski definition) is 7. The predicted molar refractivity (Wildman–Crippen MR) is 109 cm³/mol. The van der Waals surface area contributed by atoms with Gasteiger partial charge in [0.2, 0.25) is 0 Å². The molecule has 3 aliphatic rings. The summed E-state index contributed by atoms with van der Waals surface area (Å²) in [7, 11) is 1.62. The van der Waals surface area contributed by atoms with E-state index in [1.807, 2.05) is 24.3 Å². The van der Waals surface area contributed by atoms with Crippen molar-refractivity contribution in [3.05, 3.63) is 51.8 Å². The standard InChI is InChI=1S/C22H27ClO7/c1-28-13-4-2-11(3-5-13)8-12-9-15(14-6-7-29-21(14)17(12)23)22-20(27)19(26)18(25)16(10-24)30-22/h2-5,15-16,18-20,22,24-27H,6-10H2,1H3. The molecule has 0 aromatic heterocycles. The van der Waals surface area contributed by atoms with E-state index in [-0.39, 0.29) is 5.92 Å². The highest BCUT2D eigenvalue weighted by Gasteiger charge is 2.49. The van der Waals surface area contributed by atoms with Crippen molar-refractivity contribution >= 4 is 11.6 Å². The third-order valence-corrected chi connectivity index (χ3v) is 6.67. The number of benzene rings is 1. The average molecular weight is 439 g/mol. The van der Waals surface area contributed by atoms with Gasteiger partial charge >= 0.3 is 0 Å².